The van der Waals surface area contributed by atoms with Gasteiger partial charge in [0.2, 0.25) is 0 Å². The lowest BCUT2D eigenvalue weighted by molar-refractivity contribution is 0.623. The number of rotatable bonds is 2. The highest BCUT2D eigenvalue weighted by Gasteiger charge is 2.13. The molecule has 2 heterocycles. The van der Waals surface area contributed by atoms with Crippen LogP contribution in [0.3, 0.4) is 0 Å². The van der Waals surface area contributed by atoms with Gasteiger partial charge < -0.3 is 5.32 Å². The summed E-state index contributed by atoms with van der Waals surface area (Å²) in [4.78, 5) is 12.3. The largest absolute Gasteiger partial charge is 0.337 e. The van der Waals surface area contributed by atoms with Gasteiger partial charge in [-0.3, -0.25) is 0 Å². The predicted molar refractivity (Wildman–Crippen MR) is 90.1 cm³/mol. The predicted octanol–water partition coefficient (Wildman–Crippen LogP) is 5.02. The van der Waals surface area contributed by atoms with Crippen LogP contribution in [0.25, 0.3) is 21.1 Å². The van der Waals surface area contributed by atoms with Gasteiger partial charge in [-0.05, 0) is 40.2 Å². The Kier molecular flexibility index (Phi) is 3.42. The van der Waals surface area contributed by atoms with E-state index in [0.717, 1.165) is 0 Å². The molecule has 0 saturated carbocycles. The highest BCUT2D eigenvalue weighted by Crippen LogP contribution is 2.31. The first kappa shape index (κ1) is 14.4. The number of hydrogen-bond donors (Lipinski definition) is 1. The molecule has 4 aromatic rings. The molecule has 0 radical (unpaired) electrons. The number of anilines is 2. The van der Waals surface area contributed by atoms with Gasteiger partial charge >= 0.3 is 0 Å². The van der Waals surface area contributed by atoms with Crippen molar-refractivity contribution in [1.82, 2.24) is 15.0 Å². The molecule has 1 N–H and O–H groups in total. The number of thiazole rings is 1. The van der Waals surface area contributed by atoms with E-state index >= 15 is 0 Å². The van der Waals surface area contributed by atoms with Crippen LogP contribution in [0.4, 0.5) is 20.3 Å². The molecule has 2 aromatic heterocycles. The Morgan fingerprint density at radius 2 is 1.91 bits per heavy atom. The lowest BCUT2D eigenvalue weighted by Gasteiger charge is -2.10. The van der Waals surface area contributed by atoms with Crippen molar-refractivity contribution in [3.05, 3.63) is 52.2 Å². The molecule has 0 aliphatic rings. The van der Waals surface area contributed by atoms with Gasteiger partial charge in [-0.15, -0.1) is 11.3 Å². The smallest absolute Gasteiger partial charge is 0.166 e. The number of benzene rings is 2. The molecule has 8 heteroatoms. The van der Waals surface area contributed by atoms with Gasteiger partial charge in [0.05, 0.1) is 31.4 Å². The molecule has 0 aliphatic carbocycles. The molecule has 4 nitrogen and oxygen atoms in total. The molecule has 0 fully saturated rings. The summed E-state index contributed by atoms with van der Waals surface area (Å²) in [6.07, 6.45) is 1.35. The second-order valence-corrected chi connectivity index (χ2v) is 6.47. The average Bonchev–Trinajstić information content (AvgIpc) is 3.01. The van der Waals surface area contributed by atoms with Crippen molar-refractivity contribution in [2.24, 2.45) is 0 Å². The van der Waals surface area contributed by atoms with Crippen LogP contribution in [0.5, 0.6) is 0 Å². The monoisotopic (exact) mass is 392 g/mol. The van der Waals surface area contributed by atoms with E-state index in [2.05, 4.69) is 36.2 Å². The van der Waals surface area contributed by atoms with Crippen molar-refractivity contribution in [3.63, 3.8) is 0 Å². The third-order valence-corrected chi connectivity index (χ3v) is 4.81. The highest BCUT2D eigenvalue weighted by molar-refractivity contribution is 9.10. The van der Waals surface area contributed by atoms with Crippen LogP contribution in [-0.2, 0) is 0 Å². The molecule has 0 bridgehead atoms. The molecule has 23 heavy (non-hydrogen) atoms. The van der Waals surface area contributed by atoms with Crippen LogP contribution >= 0.6 is 27.3 Å². The van der Waals surface area contributed by atoms with Crippen molar-refractivity contribution in [2.75, 3.05) is 5.32 Å². The number of halogens is 3. The van der Waals surface area contributed by atoms with Gasteiger partial charge in [-0.1, -0.05) is 0 Å². The fourth-order valence-electron chi connectivity index (χ4n) is 2.27. The Morgan fingerprint density at radius 3 is 2.78 bits per heavy atom. The first-order chi connectivity index (χ1) is 11.1. The maximum absolute atomic E-state index is 14.5. The van der Waals surface area contributed by atoms with E-state index in [9.17, 15) is 8.78 Å². The Morgan fingerprint density at radius 1 is 1.04 bits per heavy atom. The molecule has 0 spiro atoms. The SMILES string of the molecule is Fc1cc2c(Nc3ccc4ncsc4c3F)ncnc2cc1Br. The summed E-state index contributed by atoms with van der Waals surface area (Å²) in [5.74, 6) is -0.507. The minimum absolute atomic E-state index is 0.255. The van der Waals surface area contributed by atoms with Crippen LogP contribution in [0.1, 0.15) is 0 Å². The summed E-state index contributed by atoms with van der Waals surface area (Å²) in [5.41, 5.74) is 2.99. The zero-order chi connectivity index (χ0) is 16.0. The second-order valence-electron chi connectivity index (χ2n) is 4.76. The fourth-order valence-corrected chi connectivity index (χ4v) is 3.33. The second kappa shape index (κ2) is 5.47. The Hall–Kier alpha value is -2.19. The quantitative estimate of drug-likeness (QED) is 0.520. The van der Waals surface area contributed by atoms with Gasteiger partial charge in [0.25, 0.3) is 0 Å². The number of nitrogens with zero attached hydrogens (tertiary/aromatic N) is 3. The summed E-state index contributed by atoms with van der Waals surface area (Å²) in [6, 6.07) is 6.17. The van der Waals surface area contributed by atoms with Crippen molar-refractivity contribution in [3.8, 4) is 0 Å². The first-order valence-electron chi connectivity index (χ1n) is 6.52. The van der Waals surface area contributed by atoms with Crippen LogP contribution in [0, 0.1) is 11.6 Å². The third-order valence-electron chi connectivity index (χ3n) is 3.37. The maximum atomic E-state index is 14.5. The van der Waals surface area contributed by atoms with Gasteiger partial charge in [0, 0.05) is 5.39 Å². The molecular formula is C15H7BrF2N4S. The highest BCUT2D eigenvalue weighted by atomic mass is 79.9. The van der Waals surface area contributed by atoms with Crippen molar-refractivity contribution in [1.29, 1.82) is 0 Å². The van der Waals surface area contributed by atoms with E-state index in [1.54, 1.807) is 23.7 Å². The van der Waals surface area contributed by atoms with E-state index < -0.39 is 11.6 Å². The topological polar surface area (TPSA) is 50.7 Å². The zero-order valence-corrected chi connectivity index (χ0v) is 13.8. The van der Waals surface area contributed by atoms with Crippen LogP contribution < -0.4 is 5.32 Å². The molecule has 4 rings (SSSR count). The molecule has 2 aromatic carbocycles. The molecule has 0 aliphatic heterocycles. The minimum Gasteiger partial charge on any atom is -0.337 e. The molecule has 0 amide bonds. The van der Waals surface area contributed by atoms with Crippen LogP contribution in [-0.4, -0.2) is 15.0 Å². The van der Waals surface area contributed by atoms with Gasteiger partial charge in [-0.2, -0.15) is 0 Å². The van der Waals surface area contributed by atoms with Gasteiger partial charge in [0.1, 0.15) is 18.0 Å². The number of nitrogens with one attached hydrogen (secondary N) is 1. The van der Waals surface area contributed by atoms with E-state index in [-0.39, 0.29) is 5.69 Å². The zero-order valence-electron chi connectivity index (χ0n) is 11.3. The van der Waals surface area contributed by atoms with Crippen LogP contribution in [0.2, 0.25) is 0 Å². The average molecular weight is 393 g/mol. The summed E-state index contributed by atoms with van der Waals surface area (Å²) < 4.78 is 29.1. The van der Waals surface area contributed by atoms with Crippen LogP contribution in [0.15, 0.2) is 40.6 Å². The molecule has 0 atom stereocenters. The van der Waals surface area contributed by atoms with E-state index in [1.165, 1.54) is 23.7 Å². The maximum Gasteiger partial charge on any atom is 0.166 e. The number of fused-ring (bicyclic) bond motifs is 2. The lowest BCUT2D eigenvalue weighted by atomic mass is 10.2. The van der Waals surface area contributed by atoms with E-state index in [4.69, 9.17) is 0 Å². The summed E-state index contributed by atoms with van der Waals surface area (Å²) in [5, 5.41) is 3.38. The first-order valence-corrected chi connectivity index (χ1v) is 8.19. The normalized spacial score (nSPS) is 11.3. The summed E-state index contributed by atoms with van der Waals surface area (Å²) >= 11 is 4.34. The van der Waals surface area contributed by atoms with Gasteiger partial charge in [0.15, 0.2) is 5.82 Å². The van der Waals surface area contributed by atoms with Crippen molar-refractivity contribution in [2.45, 2.75) is 0 Å². The summed E-state index contributed by atoms with van der Waals surface area (Å²) in [6.45, 7) is 0. The fraction of sp³-hybridized carbons (Fsp3) is 0. The van der Waals surface area contributed by atoms with E-state index in [0.29, 0.717) is 31.4 Å². The summed E-state index contributed by atoms with van der Waals surface area (Å²) in [7, 11) is 0. The standard InChI is InChI=1S/C15H7BrF2N4S/c16-8-4-12-7(3-9(8)17)15(20-5-19-12)22-10-1-2-11-14(13(10)18)23-6-21-11/h1-6H,(H,19,20,22). The van der Waals surface area contributed by atoms with Crippen molar-refractivity contribution < 1.29 is 8.78 Å². The Bertz CT molecular complexity index is 1050. The van der Waals surface area contributed by atoms with E-state index in [1.807, 2.05) is 0 Å². The lowest BCUT2D eigenvalue weighted by Crippen LogP contribution is -1.99. The molecule has 0 saturated heterocycles. The molecule has 114 valence electrons. The Labute approximate surface area is 141 Å². The Balaban J connectivity index is 1.85. The van der Waals surface area contributed by atoms with Crippen molar-refractivity contribution >= 4 is 59.9 Å². The number of aromatic nitrogens is 3. The molecular weight excluding hydrogens is 386 g/mol. The minimum atomic E-state index is -0.436. The number of hydrogen-bond acceptors (Lipinski definition) is 5. The molecule has 0 unspecified atom stereocenters. The van der Waals surface area contributed by atoms with Gasteiger partial charge in [-0.25, -0.2) is 23.7 Å². The third kappa shape index (κ3) is 2.43.